The quantitative estimate of drug-likeness (QED) is 0.128. The zero-order valence-corrected chi connectivity index (χ0v) is 34.0. The van der Waals surface area contributed by atoms with Crippen LogP contribution in [0.3, 0.4) is 0 Å². The van der Waals surface area contributed by atoms with E-state index in [1.807, 2.05) is 60.9 Å². The Morgan fingerprint density at radius 3 is 2.14 bits per heavy atom. The molecule has 0 aliphatic rings. The van der Waals surface area contributed by atoms with Gasteiger partial charge in [0.05, 0.1) is 5.58 Å². The molecule has 0 saturated carbocycles. The summed E-state index contributed by atoms with van der Waals surface area (Å²) in [5, 5.41) is 2.03. The van der Waals surface area contributed by atoms with Crippen LogP contribution in [0.15, 0.2) is 114 Å². The Balaban J connectivity index is 0.000000205. The minimum Gasteiger partial charge on any atom is 0 e. The van der Waals surface area contributed by atoms with Crippen LogP contribution in [0.25, 0.3) is 55.7 Å². The summed E-state index contributed by atoms with van der Waals surface area (Å²) in [7, 11) is 0. The van der Waals surface area contributed by atoms with Crippen LogP contribution in [-0.4, -0.2) is 28.2 Å². The van der Waals surface area contributed by atoms with E-state index in [1.54, 1.807) is 0 Å². The van der Waals surface area contributed by atoms with Crippen LogP contribution in [0.2, 0.25) is 17.3 Å². The number of benzene rings is 3. The number of pyridine rings is 3. The van der Waals surface area contributed by atoms with Crippen molar-refractivity contribution in [1.82, 2.24) is 15.0 Å². The Hall–Kier alpha value is -3.90. The molecule has 4 heterocycles. The van der Waals surface area contributed by atoms with Crippen LogP contribution < -0.4 is 4.40 Å². The standard InChI is InChI=1S/C26H21N2O.C17H22GeN.Ir/c1-26(2,3)19-12-13-27-23(15-19)21-11-7-10-20-22-14-18(17-8-5-4-6-9-17)16-28-25(22)29-24(20)21;1-13(2)15-11-17(14-9-7-6-8-10-14)19-12-16(15)18(3,4)5;/h4-10,12-16H,1-3H3;6-9,11-13H,1-5H3;/q2*-1;. The topological polar surface area (TPSA) is 51.8 Å². The monoisotopic (exact) mass is 884 g/mol. The summed E-state index contributed by atoms with van der Waals surface area (Å²) >= 11 is -1.85. The Bertz CT molecular complexity index is 2180. The molecule has 0 aliphatic carbocycles. The summed E-state index contributed by atoms with van der Waals surface area (Å²) in [4.78, 5) is 13.9. The second-order valence-corrected chi connectivity index (χ2v) is 25.2. The van der Waals surface area contributed by atoms with Crippen LogP contribution in [0.4, 0.5) is 0 Å². The molecule has 0 fully saturated rings. The summed E-state index contributed by atoms with van der Waals surface area (Å²) in [5.74, 6) is 7.83. The fourth-order valence-electron chi connectivity index (χ4n) is 5.91. The van der Waals surface area contributed by atoms with Crippen molar-refractivity contribution in [3.8, 4) is 33.6 Å². The molecule has 0 amide bonds. The maximum atomic E-state index is 6.17. The van der Waals surface area contributed by atoms with Gasteiger partial charge in [-0.05, 0) is 34.4 Å². The van der Waals surface area contributed by atoms with Crippen molar-refractivity contribution in [1.29, 1.82) is 0 Å². The van der Waals surface area contributed by atoms with Gasteiger partial charge in [-0.1, -0.05) is 68.1 Å². The molecule has 4 aromatic heterocycles. The van der Waals surface area contributed by atoms with Crippen LogP contribution in [0.5, 0.6) is 0 Å². The van der Waals surface area contributed by atoms with Gasteiger partial charge in [0.15, 0.2) is 0 Å². The third-order valence-corrected chi connectivity index (χ3v) is 12.9. The smallest absolute Gasteiger partial charge is 0 e. The summed E-state index contributed by atoms with van der Waals surface area (Å²) in [5.41, 5.74) is 10.2. The van der Waals surface area contributed by atoms with Crippen molar-refractivity contribution in [3.05, 3.63) is 133 Å². The summed E-state index contributed by atoms with van der Waals surface area (Å²) in [6.07, 6.45) is 5.84. The number of nitrogens with zero attached hydrogens (tertiary/aromatic N) is 3. The van der Waals surface area contributed by atoms with Gasteiger partial charge in [-0.15, -0.1) is 18.2 Å². The van der Waals surface area contributed by atoms with Crippen LogP contribution in [-0.2, 0) is 25.5 Å². The molecule has 0 unspecified atom stereocenters. The van der Waals surface area contributed by atoms with Crippen molar-refractivity contribution in [3.63, 3.8) is 0 Å². The van der Waals surface area contributed by atoms with Gasteiger partial charge >= 0.3 is 119 Å². The number of hydrogen-bond donors (Lipinski definition) is 0. The molecule has 4 nitrogen and oxygen atoms in total. The first-order chi connectivity index (χ1) is 22.9. The first kappa shape index (κ1) is 36.4. The summed E-state index contributed by atoms with van der Waals surface area (Å²) in [6.45, 7) is 11.1. The molecule has 0 bridgehead atoms. The predicted molar refractivity (Wildman–Crippen MR) is 203 cm³/mol. The van der Waals surface area contributed by atoms with E-state index in [-0.39, 0.29) is 25.5 Å². The third kappa shape index (κ3) is 8.12. The molecule has 1 radical (unpaired) electrons. The fraction of sp³-hybridized carbons (Fsp3) is 0.233. The minimum absolute atomic E-state index is 0. The van der Waals surface area contributed by atoms with Crippen molar-refractivity contribution < 1.29 is 24.5 Å². The number of aromatic nitrogens is 3. The van der Waals surface area contributed by atoms with E-state index < -0.39 is 13.3 Å². The van der Waals surface area contributed by atoms with E-state index in [0.29, 0.717) is 11.6 Å². The molecular weight excluding hydrogens is 839 g/mol. The SMILES string of the molecule is CC(C)(C)c1ccnc(-c2[c-]ccc3c2oc2ncc(-c4ccccc4)cc23)c1.CC(C)c1cc(-c2[c-]cccc2)nc[c]1[Ge]([CH3])([CH3])[CH3].[Ir]. The van der Waals surface area contributed by atoms with E-state index in [4.69, 9.17) is 4.42 Å². The number of rotatable bonds is 5. The normalized spacial score (nSPS) is 11.7. The van der Waals surface area contributed by atoms with Gasteiger partial charge in [0.25, 0.3) is 0 Å². The molecule has 49 heavy (non-hydrogen) atoms. The Morgan fingerprint density at radius 1 is 0.714 bits per heavy atom. The third-order valence-electron chi connectivity index (χ3n) is 8.63. The van der Waals surface area contributed by atoms with Gasteiger partial charge in [0.1, 0.15) is 0 Å². The van der Waals surface area contributed by atoms with Crippen LogP contribution in [0.1, 0.15) is 51.7 Å². The fourth-order valence-corrected chi connectivity index (χ4v) is 9.44. The first-order valence-electron chi connectivity index (χ1n) is 16.6. The molecule has 3 aromatic carbocycles. The maximum Gasteiger partial charge on any atom is 0 e. The van der Waals surface area contributed by atoms with E-state index in [2.05, 4.69) is 128 Å². The molecule has 0 N–H and O–H groups in total. The van der Waals surface area contributed by atoms with Gasteiger partial charge in [0, 0.05) is 43.4 Å². The van der Waals surface area contributed by atoms with E-state index >= 15 is 0 Å². The molecular formula is C43H43GeIrN3O-2. The van der Waals surface area contributed by atoms with Gasteiger partial charge < -0.3 is 9.40 Å². The molecule has 7 aromatic rings. The van der Waals surface area contributed by atoms with Gasteiger partial charge in [-0.25, -0.2) is 4.98 Å². The minimum atomic E-state index is -1.85. The molecule has 0 aliphatic heterocycles. The maximum absolute atomic E-state index is 6.17. The average molecular weight is 883 g/mol. The van der Waals surface area contributed by atoms with Gasteiger partial charge in [-0.2, -0.15) is 0 Å². The van der Waals surface area contributed by atoms with Crippen LogP contribution in [0, 0.1) is 12.1 Å². The largest absolute Gasteiger partial charge is 0 e. The van der Waals surface area contributed by atoms with Gasteiger partial charge in [0.2, 0.25) is 5.71 Å². The van der Waals surface area contributed by atoms with Gasteiger partial charge in [-0.3, -0.25) is 0 Å². The zero-order valence-electron chi connectivity index (χ0n) is 29.6. The number of fused-ring (bicyclic) bond motifs is 3. The Kier molecular flexibility index (Phi) is 11.1. The van der Waals surface area contributed by atoms with E-state index in [9.17, 15) is 0 Å². The van der Waals surface area contributed by atoms with E-state index in [0.717, 1.165) is 50.0 Å². The summed E-state index contributed by atoms with van der Waals surface area (Å²) in [6, 6.07) is 37.5. The Morgan fingerprint density at radius 2 is 1.47 bits per heavy atom. The second kappa shape index (κ2) is 14.9. The molecule has 7 rings (SSSR count). The van der Waals surface area contributed by atoms with E-state index in [1.165, 1.54) is 15.5 Å². The van der Waals surface area contributed by atoms with Crippen molar-refractivity contribution in [2.75, 3.05) is 0 Å². The molecule has 0 atom stereocenters. The molecule has 0 spiro atoms. The van der Waals surface area contributed by atoms with Crippen molar-refractivity contribution in [2.45, 2.75) is 63.2 Å². The molecule has 0 saturated heterocycles. The second-order valence-electron chi connectivity index (χ2n) is 14.7. The number of hydrogen-bond acceptors (Lipinski definition) is 4. The average Bonchev–Trinajstić information content (AvgIpc) is 3.46. The van der Waals surface area contributed by atoms with Crippen molar-refractivity contribution >= 4 is 39.7 Å². The number of furan rings is 1. The summed E-state index contributed by atoms with van der Waals surface area (Å²) < 4.78 is 7.69. The molecule has 6 heteroatoms. The zero-order chi connectivity index (χ0) is 34.1. The first-order valence-corrected chi connectivity index (χ1v) is 24.0. The Labute approximate surface area is 307 Å². The predicted octanol–water partition coefficient (Wildman–Crippen LogP) is 11.0. The van der Waals surface area contributed by atoms with Crippen molar-refractivity contribution in [2.24, 2.45) is 0 Å². The van der Waals surface area contributed by atoms with Crippen LogP contribution >= 0.6 is 0 Å². The molecule has 251 valence electrons.